The van der Waals surface area contributed by atoms with E-state index in [-0.39, 0.29) is 42.2 Å². The first-order valence-corrected chi connectivity index (χ1v) is 10.9. The third kappa shape index (κ3) is 6.19. The number of ketones is 1. The molecule has 1 N–H and O–H groups in total. The van der Waals surface area contributed by atoms with Gasteiger partial charge in [0, 0.05) is 32.5 Å². The van der Waals surface area contributed by atoms with Gasteiger partial charge in [0.25, 0.3) is 0 Å². The Morgan fingerprint density at radius 3 is 2.61 bits per heavy atom. The molecule has 31 heavy (non-hydrogen) atoms. The molecule has 0 saturated heterocycles. The maximum Gasteiger partial charge on any atom is 0.242 e. The molecule has 1 aliphatic heterocycles. The van der Waals surface area contributed by atoms with E-state index in [0.717, 1.165) is 5.56 Å². The number of tetrazole rings is 1. The van der Waals surface area contributed by atoms with Crippen molar-refractivity contribution in [2.75, 3.05) is 6.54 Å². The SMILES string of the molecule is CC(C)CC1C(=O)NCCCC(=O)c2nnnn2CCCC(=O)N1Cc1ccccc1. The Balaban J connectivity index is 1.86. The third-order valence-corrected chi connectivity index (χ3v) is 5.31. The van der Waals surface area contributed by atoms with Crippen LogP contribution in [0.2, 0.25) is 0 Å². The molecule has 1 unspecified atom stereocenters. The summed E-state index contributed by atoms with van der Waals surface area (Å²) >= 11 is 0. The summed E-state index contributed by atoms with van der Waals surface area (Å²) in [5.41, 5.74) is 0.979. The van der Waals surface area contributed by atoms with Crippen LogP contribution in [0.4, 0.5) is 0 Å². The van der Waals surface area contributed by atoms with Crippen LogP contribution in [0, 0.1) is 5.92 Å². The Morgan fingerprint density at radius 2 is 1.87 bits per heavy atom. The molecule has 9 nitrogen and oxygen atoms in total. The van der Waals surface area contributed by atoms with Crippen LogP contribution in [0.5, 0.6) is 0 Å². The lowest BCUT2D eigenvalue weighted by Gasteiger charge is -2.32. The number of hydrogen-bond donors (Lipinski definition) is 1. The van der Waals surface area contributed by atoms with Crippen LogP contribution in [-0.2, 0) is 22.7 Å². The highest BCUT2D eigenvalue weighted by Gasteiger charge is 2.30. The molecule has 9 heteroatoms. The van der Waals surface area contributed by atoms with Gasteiger partial charge in [0.15, 0.2) is 0 Å². The number of rotatable bonds is 4. The van der Waals surface area contributed by atoms with Crippen LogP contribution in [-0.4, -0.2) is 55.3 Å². The van der Waals surface area contributed by atoms with Gasteiger partial charge in [0.1, 0.15) is 6.04 Å². The number of amides is 2. The van der Waals surface area contributed by atoms with E-state index in [1.807, 2.05) is 44.2 Å². The molecule has 2 heterocycles. The van der Waals surface area contributed by atoms with Gasteiger partial charge in [-0.1, -0.05) is 44.2 Å². The highest BCUT2D eigenvalue weighted by molar-refractivity contribution is 5.92. The zero-order valence-corrected chi connectivity index (χ0v) is 18.2. The summed E-state index contributed by atoms with van der Waals surface area (Å²) in [7, 11) is 0. The topological polar surface area (TPSA) is 110 Å². The molecule has 0 aliphatic carbocycles. The second-order valence-corrected chi connectivity index (χ2v) is 8.30. The highest BCUT2D eigenvalue weighted by Crippen LogP contribution is 2.18. The van der Waals surface area contributed by atoms with Crippen molar-refractivity contribution >= 4 is 17.6 Å². The van der Waals surface area contributed by atoms with Crippen molar-refractivity contribution in [1.29, 1.82) is 0 Å². The summed E-state index contributed by atoms with van der Waals surface area (Å²) in [6.07, 6.45) is 2.02. The van der Waals surface area contributed by atoms with Crippen molar-refractivity contribution in [3.63, 3.8) is 0 Å². The van der Waals surface area contributed by atoms with Crippen LogP contribution in [0.15, 0.2) is 30.3 Å². The van der Waals surface area contributed by atoms with E-state index in [1.54, 1.807) is 4.90 Å². The zero-order valence-electron chi connectivity index (χ0n) is 18.2. The number of aromatic nitrogens is 4. The van der Waals surface area contributed by atoms with E-state index in [4.69, 9.17) is 0 Å². The molecule has 0 bridgehead atoms. The summed E-state index contributed by atoms with van der Waals surface area (Å²) in [6.45, 7) is 5.19. The monoisotopic (exact) mass is 426 g/mol. The van der Waals surface area contributed by atoms with Gasteiger partial charge in [-0.3, -0.25) is 14.4 Å². The normalized spacial score (nSPS) is 19.1. The molecule has 1 aromatic carbocycles. The first kappa shape index (κ1) is 22.6. The molecule has 0 saturated carbocycles. The van der Waals surface area contributed by atoms with Gasteiger partial charge in [0.05, 0.1) is 0 Å². The number of fused-ring (bicyclic) bond motifs is 1. The maximum atomic E-state index is 13.3. The number of Topliss-reactive ketones (excluding diaryl/α,β-unsaturated/α-hetero) is 1. The second-order valence-electron chi connectivity index (χ2n) is 8.30. The fourth-order valence-electron chi connectivity index (χ4n) is 3.74. The average molecular weight is 427 g/mol. The Labute approximate surface area is 182 Å². The van der Waals surface area contributed by atoms with Crippen LogP contribution in [0.1, 0.15) is 62.1 Å². The van der Waals surface area contributed by atoms with E-state index in [9.17, 15) is 14.4 Å². The summed E-state index contributed by atoms with van der Waals surface area (Å²) in [4.78, 5) is 40.4. The molecule has 2 aromatic rings. The number of carbonyl (C=O) groups is 3. The Bertz CT molecular complexity index is 896. The van der Waals surface area contributed by atoms with E-state index in [0.29, 0.717) is 38.9 Å². The van der Waals surface area contributed by atoms with Crippen molar-refractivity contribution in [3.05, 3.63) is 41.7 Å². The Morgan fingerprint density at radius 1 is 1.10 bits per heavy atom. The van der Waals surface area contributed by atoms with Gasteiger partial charge in [-0.05, 0) is 41.2 Å². The largest absolute Gasteiger partial charge is 0.354 e. The van der Waals surface area contributed by atoms with E-state index >= 15 is 0 Å². The Kier molecular flexibility index (Phi) is 7.86. The first-order chi connectivity index (χ1) is 15.0. The summed E-state index contributed by atoms with van der Waals surface area (Å²) < 4.78 is 1.47. The highest BCUT2D eigenvalue weighted by atomic mass is 16.2. The maximum absolute atomic E-state index is 13.3. The van der Waals surface area contributed by atoms with E-state index in [2.05, 4.69) is 20.8 Å². The van der Waals surface area contributed by atoms with Crippen molar-refractivity contribution in [3.8, 4) is 0 Å². The van der Waals surface area contributed by atoms with Crippen molar-refractivity contribution in [2.24, 2.45) is 5.92 Å². The van der Waals surface area contributed by atoms with Gasteiger partial charge < -0.3 is 10.2 Å². The lowest BCUT2D eigenvalue weighted by Crippen LogP contribution is -2.50. The molecule has 166 valence electrons. The van der Waals surface area contributed by atoms with E-state index in [1.165, 1.54) is 4.68 Å². The molecule has 1 atom stereocenters. The van der Waals surface area contributed by atoms with Gasteiger partial charge in [-0.25, -0.2) is 4.68 Å². The van der Waals surface area contributed by atoms with Gasteiger partial charge in [-0.15, -0.1) is 5.10 Å². The number of carbonyl (C=O) groups excluding carboxylic acids is 3. The lowest BCUT2D eigenvalue weighted by atomic mass is 10.00. The molecular formula is C22H30N6O3. The van der Waals surface area contributed by atoms with Crippen LogP contribution >= 0.6 is 0 Å². The van der Waals surface area contributed by atoms with Crippen molar-refractivity contribution < 1.29 is 14.4 Å². The van der Waals surface area contributed by atoms with E-state index < -0.39 is 6.04 Å². The zero-order chi connectivity index (χ0) is 22.2. The molecule has 1 aliphatic rings. The minimum atomic E-state index is -0.560. The van der Waals surface area contributed by atoms with Gasteiger partial charge in [0.2, 0.25) is 23.4 Å². The first-order valence-electron chi connectivity index (χ1n) is 10.9. The van der Waals surface area contributed by atoms with Crippen molar-refractivity contribution in [2.45, 2.75) is 65.1 Å². The fraction of sp³-hybridized carbons (Fsp3) is 0.545. The van der Waals surface area contributed by atoms with Crippen LogP contribution in [0.3, 0.4) is 0 Å². The molecule has 3 rings (SSSR count). The number of benzene rings is 1. The minimum absolute atomic E-state index is 0.0948. The second kappa shape index (κ2) is 10.8. The summed E-state index contributed by atoms with van der Waals surface area (Å²) in [6, 6.07) is 9.14. The molecule has 0 radical (unpaired) electrons. The summed E-state index contributed by atoms with van der Waals surface area (Å²) in [5.74, 6) is 0.0165. The van der Waals surface area contributed by atoms with Crippen molar-refractivity contribution in [1.82, 2.24) is 30.4 Å². The molecule has 1 aromatic heterocycles. The lowest BCUT2D eigenvalue weighted by molar-refractivity contribution is -0.142. The van der Waals surface area contributed by atoms with Crippen LogP contribution < -0.4 is 5.32 Å². The molecule has 2 amide bonds. The quantitative estimate of drug-likeness (QED) is 0.801. The smallest absolute Gasteiger partial charge is 0.242 e. The molecule has 0 fully saturated rings. The predicted molar refractivity (Wildman–Crippen MR) is 114 cm³/mol. The van der Waals surface area contributed by atoms with Crippen LogP contribution in [0.25, 0.3) is 0 Å². The molecular weight excluding hydrogens is 396 g/mol. The number of nitrogens with one attached hydrogen (secondary N) is 1. The Hall–Kier alpha value is -3.10. The predicted octanol–water partition coefficient (Wildman–Crippen LogP) is 1.99. The minimum Gasteiger partial charge on any atom is -0.354 e. The summed E-state index contributed by atoms with van der Waals surface area (Å²) in [5, 5.41) is 14.3. The average Bonchev–Trinajstić information content (AvgIpc) is 3.22. The number of hydrogen-bond acceptors (Lipinski definition) is 6. The standard InChI is InChI=1S/C22H30N6O3/c1-16(2)14-18-22(31)23-12-6-10-19(29)21-24-25-26-28(21)13-7-11-20(30)27(18)15-17-8-4-3-5-9-17/h3-5,8-9,16,18H,6-7,10-15H2,1-2H3,(H,23,31). The molecule has 0 spiro atoms. The fourth-order valence-corrected chi connectivity index (χ4v) is 3.74. The third-order valence-electron chi connectivity index (χ3n) is 5.31. The number of nitrogens with zero attached hydrogens (tertiary/aromatic N) is 5. The van der Waals surface area contributed by atoms with Gasteiger partial charge in [-0.2, -0.15) is 0 Å². The number of aryl methyl sites for hydroxylation is 1. The van der Waals surface area contributed by atoms with Gasteiger partial charge >= 0.3 is 0 Å².